The molecule has 1 aromatic carbocycles. The van der Waals surface area contributed by atoms with E-state index in [9.17, 15) is 14.9 Å². The van der Waals surface area contributed by atoms with Crippen LogP contribution >= 0.6 is 0 Å². The number of fused-ring (bicyclic) bond motifs is 3. The molecule has 7 heteroatoms. The van der Waals surface area contributed by atoms with Gasteiger partial charge < -0.3 is 11.1 Å². The van der Waals surface area contributed by atoms with Gasteiger partial charge in [-0.15, -0.1) is 0 Å². The number of aromatic nitrogens is 1. The molecule has 2 aromatic rings. The van der Waals surface area contributed by atoms with Gasteiger partial charge in [-0.25, -0.2) is 0 Å². The standard InChI is InChI=1S/C15H12N4O3/c16-11-3-8-5-15(6-9(8)4-13(11)19(21)22)10-7-17-2-1-12(10)18-14(15)20/h1-4,7H,5-6,16H2,(H,18,20)/t15-/m0/s1. The maximum atomic E-state index is 12.5. The van der Waals surface area contributed by atoms with Crippen LogP contribution in [0, 0.1) is 10.1 Å². The van der Waals surface area contributed by atoms with Crippen LogP contribution in [0.4, 0.5) is 17.1 Å². The number of anilines is 2. The van der Waals surface area contributed by atoms with Gasteiger partial charge in [0.1, 0.15) is 5.69 Å². The summed E-state index contributed by atoms with van der Waals surface area (Å²) in [6.07, 6.45) is 4.23. The van der Waals surface area contributed by atoms with Crippen molar-refractivity contribution in [3.8, 4) is 0 Å². The Balaban J connectivity index is 1.85. The summed E-state index contributed by atoms with van der Waals surface area (Å²) in [5.74, 6) is -0.0899. The molecule has 110 valence electrons. The highest BCUT2D eigenvalue weighted by molar-refractivity contribution is 6.07. The third-order valence-corrected chi connectivity index (χ3v) is 4.55. The van der Waals surface area contributed by atoms with Crippen LogP contribution in [0.1, 0.15) is 16.7 Å². The highest BCUT2D eigenvalue weighted by Gasteiger charge is 2.51. The Bertz CT molecular complexity index is 849. The third-order valence-electron chi connectivity index (χ3n) is 4.55. The number of carbonyl (C=O) groups excluding carboxylic acids is 1. The number of nitro groups is 1. The van der Waals surface area contributed by atoms with E-state index in [4.69, 9.17) is 5.73 Å². The Hall–Kier alpha value is -2.96. The van der Waals surface area contributed by atoms with Crippen LogP contribution in [0.5, 0.6) is 0 Å². The van der Waals surface area contributed by atoms with Gasteiger partial charge in [0.25, 0.3) is 5.69 Å². The molecule has 3 N–H and O–H groups in total. The van der Waals surface area contributed by atoms with E-state index in [1.807, 2.05) is 0 Å². The first-order valence-corrected chi connectivity index (χ1v) is 6.83. The van der Waals surface area contributed by atoms with Gasteiger partial charge in [0.05, 0.1) is 10.3 Å². The minimum absolute atomic E-state index is 0.0899. The molecule has 0 bridgehead atoms. The number of hydrogen-bond acceptors (Lipinski definition) is 5. The third kappa shape index (κ3) is 1.50. The lowest BCUT2D eigenvalue weighted by molar-refractivity contribution is -0.384. The Morgan fingerprint density at radius 1 is 1.32 bits per heavy atom. The number of pyridine rings is 1. The van der Waals surface area contributed by atoms with Crippen molar-refractivity contribution in [3.63, 3.8) is 0 Å². The van der Waals surface area contributed by atoms with Crippen molar-refractivity contribution in [2.75, 3.05) is 11.1 Å². The molecule has 1 aliphatic carbocycles. The van der Waals surface area contributed by atoms with Gasteiger partial charge in [0.15, 0.2) is 0 Å². The highest BCUT2D eigenvalue weighted by atomic mass is 16.6. The molecule has 1 spiro atoms. The molecule has 4 rings (SSSR count). The molecule has 0 unspecified atom stereocenters. The lowest BCUT2D eigenvalue weighted by Crippen LogP contribution is -2.35. The van der Waals surface area contributed by atoms with Crippen molar-refractivity contribution in [2.45, 2.75) is 18.3 Å². The molecule has 1 atom stereocenters. The minimum atomic E-state index is -0.729. The van der Waals surface area contributed by atoms with E-state index in [0.717, 1.165) is 22.4 Å². The fourth-order valence-corrected chi connectivity index (χ4v) is 3.50. The van der Waals surface area contributed by atoms with Crippen LogP contribution in [0.3, 0.4) is 0 Å². The predicted molar refractivity (Wildman–Crippen MR) is 79.5 cm³/mol. The van der Waals surface area contributed by atoms with Gasteiger partial charge >= 0.3 is 0 Å². The molecule has 1 aromatic heterocycles. The predicted octanol–water partition coefficient (Wildman–Crippen LogP) is 1.56. The second kappa shape index (κ2) is 4.03. The quantitative estimate of drug-likeness (QED) is 0.471. The largest absolute Gasteiger partial charge is 0.393 e. The van der Waals surface area contributed by atoms with Gasteiger partial charge in [-0.2, -0.15) is 0 Å². The molecular weight excluding hydrogens is 284 g/mol. The van der Waals surface area contributed by atoms with Gasteiger partial charge in [-0.05, 0) is 36.1 Å². The topological polar surface area (TPSA) is 111 Å². The van der Waals surface area contributed by atoms with Crippen molar-refractivity contribution in [3.05, 3.63) is 57.4 Å². The van der Waals surface area contributed by atoms with Crippen molar-refractivity contribution < 1.29 is 9.72 Å². The molecule has 0 saturated carbocycles. The summed E-state index contributed by atoms with van der Waals surface area (Å²) in [4.78, 5) is 27.2. The molecule has 0 saturated heterocycles. The van der Waals surface area contributed by atoms with E-state index in [0.29, 0.717) is 12.8 Å². The Morgan fingerprint density at radius 2 is 2.05 bits per heavy atom. The summed E-state index contributed by atoms with van der Waals surface area (Å²) in [5.41, 5.74) is 8.33. The number of amides is 1. The number of hydrogen-bond donors (Lipinski definition) is 2. The zero-order valence-corrected chi connectivity index (χ0v) is 11.5. The minimum Gasteiger partial charge on any atom is -0.393 e. The number of nitrogen functional groups attached to an aromatic ring is 1. The first-order valence-electron chi connectivity index (χ1n) is 6.83. The number of nitro benzene ring substituents is 1. The molecule has 2 aliphatic rings. The summed E-state index contributed by atoms with van der Waals surface area (Å²) >= 11 is 0. The molecule has 22 heavy (non-hydrogen) atoms. The normalized spacial score (nSPS) is 21.5. The molecule has 2 heterocycles. The summed E-state index contributed by atoms with van der Waals surface area (Å²) < 4.78 is 0. The average molecular weight is 296 g/mol. The van der Waals surface area contributed by atoms with Crippen LogP contribution in [-0.4, -0.2) is 15.8 Å². The highest BCUT2D eigenvalue weighted by Crippen LogP contribution is 2.48. The van der Waals surface area contributed by atoms with Crippen molar-refractivity contribution in [1.82, 2.24) is 4.98 Å². The Morgan fingerprint density at radius 3 is 2.77 bits per heavy atom. The maximum Gasteiger partial charge on any atom is 0.292 e. The first kappa shape index (κ1) is 12.8. The summed E-state index contributed by atoms with van der Waals surface area (Å²) in [7, 11) is 0. The number of nitrogens with one attached hydrogen (secondary N) is 1. The average Bonchev–Trinajstić information content (AvgIpc) is 2.97. The number of nitrogens with zero attached hydrogens (tertiary/aromatic N) is 2. The second-order valence-electron chi connectivity index (χ2n) is 5.75. The Labute approximate surface area is 125 Å². The lowest BCUT2D eigenvalue weighted by atomic mass is 9.80. The molecule has 1 amide bonds. The summed E-state index contributed by atoms with van der Waals surface area (Å²) in [5, 5.41) is 13.9. The lowest BCUT2D eigenvalue weighted by Gasteiger charge is -2.20. The Kier molecular flexibility index (Phi) is 2.34. The van der Waals surface area contributed by atoms with Gasteiger partial charge in [-0.3, -0.25) is 19.9 Å². The van der Waals surface area contributed by atoms with Gasteiger partial charge in [0, 0.05) is 29.7 Å². The van der Waals surface area contributed by atoms with Crippen LogP contribution in [0.15, 0.2) is 30.6 Å². The molecule has 0 fully saturated rings. The molecule has 7 nitrogen and oxygen atoms in total. The van der Waals surface area contributed by atoms with E-state index in [1.54, 1.807) is 24.5 Å². The zero-order valence-electron chi connectivity index (χ0n) is 11.5. The fourth-order valence-electron chi connectivity index (χ4n) is 3.50. The molecular formula is C15H12N4O3. The van der Waals surface area contributed by atoms with Crippen LogP contribution in [-0.2, 0) is 23.1 Å². The van der Waals surface area contributed by atoms with Gasteiger partial charge in [-0.1, -0.05) is 0 Å². The molecule has 1 aliphatic heterocycles. The smallest absolute Gasteiger partial charge is 0.292 e. The number of rotatable bonds is 1. The zero-order chi connectivity index (χ0) is 15.5. The number of nitrogens with two attached hydrogens (primary N) is 1. The number of carbonyl (C=O) groups is 1. The van der Waals surface area contributed by atoms with Gasteiger partial charge in [0.2, 0.25) is 5.91 Å². The van der Waals surface area contributed by atoms with E-state index >= 15 is 0 Å². The van der Waals surface area contributed by atoms with Crippen molar-refractivity contribution in [1.29, 1.82) is 0 Å². The van der Waals surface area contributed by atoms with Crippen LogP contribution < -0.4 is 11.1 Å². The molecule has 0 radical (unpaired) electrons. The van der Waals surface area contributed by atoms with Crippen molar-refractivity contribution in [2.24, 2.45) is 0 Å². The SMILES string of the molecule is Nc1cc2c(cc1[N+](=O)[O-])C[C@]1(C2)C(=O)Nc2ccncc21. The summed E-state index contributed by atoms with van der Waals surface area (Å²) in [6, 6.07) is 4.87. The maximum absolute atomic E-state index is 12.5. The monoisotopic (exact) mass is 296 g/mol. The van der Waals surface area contributed by atoms with E-state index in [1.165, 1.54) is 6.07 Å². The van der Waals surface area contributed by atoms with Crippen LogP contribution in [0.2, 0.25) is 0 Å². The van der Waals surface area contributed by atoms with Crippen LogP contribution in [0.25, 0.3) is 0 Å². The number of benzene rings is 1. The van der Waals surface area contributed by atoms with E-state index in [2.05, 4.69) is 10.3 Å². The van der Waals surface area contributed by atoms with E-state index < -0.39 is 10.3 Å². The second-order valence-corrected chi connectivity index (χ2v) is 5.75. The summed E-state index contributed by atoms with van der Waals surface area (Å²) in [6.45, 7) is 0. The fraction of sp³-hybridized carbons (Fsp3) is 0.200. The first-order chi connectivity index (χ1) is 10.5. The van der Waals surface area contributed by atoms with Crippen molar-refractivity contribution >= 4 is 23.0 Å². The van der Waals surface area contributed by atoms with E-state index in [-0.39, 0.29) is 17.3 Å².